The van der Waals surface area contributed by atoms with Gasteiger partial charge in [0.05, 0.1) is 6.26 Å². The summed E-state index contributed by atoms with van der Waals surface area (Å²) in [7, 11) is 0. The summed E-state index contributed by atoms with van der Waals surface area (Å²) in [5.74, 6) is 2.68. The number of rotatable bonds is 6. The Balaban J connectivity index is 1.56. The van der Waals surface area contributed by atoms with E-state index in [0.29, 0.717) is 36.3 Å². The third-order valence-electron chi connectivity index (χ3n) is 5.23. The number of aryl methyl sites for hydroxylation is 1. The van der Waals surface area contributed by atoms with E-state index in [1.54, 1.807) is 12.3 Å². The van der Waals surface area contributed by atoms with Gasteiger partial charge in [0.25, 0.3) is 5.78 Å². The summed E-state index contributed by atoms with van der Waals surface area (Å²) in [5, 5.41) is 4.44. The van der Waals surface area contributed by atoms with Gasteiger partial charge in [-0.2, -0.15) is 14.5 Å². The number of benzene rings is 2. The van der Waals surface area contributed by atoms with Crippen LogP contribution in [0.3, 0.4) is 0 Å². The summed E-state index contributed by atoms with van der Waals surface area (Å²) in [4.78, 5) is 11.5. The minimum absolute atomic E-state index is 0.434. The minimum Gasteiger partial charge on any atom is -0.461 e. The van der Waals surface area contributed by atoms with Gasteiger partial charge in [0.2, 0.25) is 5.82 Å². The zero-order chi connectivity index (χ0) is 21.2. The van der Waals surface area contributed by atoms with Crippen molar-refractivity contribution < 1.29 is 4.42 Å². The second kappa shape index (κ2) is 7.95. The lowest BCUT2D eigenvalue weighted by Crippen LogP contribution is -2.24. The van der Waals surface area contributed by atoms with E-state index in [2.05, 4.69) is 58.3 Å². The molecule has 0 spiro atoms. The highest BCUT2D eigenvalue weighted by Gasteiger charge is 2.17. The lowest BCUT2D eigenvalue weighted by atomic mass is 10.1. The van der Waals surface area contributed by atoms with Crippen LogP contribution in [0.25, 0.3) is 17.4 Å². The average Bonchev–Trinajstić information content (AvgIpc) is 3.45. The molecule has 2 N–H and O–H groups in total. The number of furan rings is 1. The molecule has 5 aromatic rings. The highest BCUT2D eigenvalue weighted by atomic mass is 16.3. The van der Waals surface area contributed by atoms with E-state index >= 15 is 0 Å². The fourth-order valence-electron chi connectivity index (χ4n) is 3.56. The van der Waals surface area contributed by atoms with Gasteiger partial charge in [-0.25, -0.2) is 0 Å². The first-order valence-electron chi connectivity index (χ1n) is 10.1. The molecule has 0 bridgehead atoms. The molecule has 0 saturated heterocycles. The van der Waals surface area contributed by atoms with Crippen molar-refractivity contribution in [3.05, 3.63) is 95.7 Å². The fraction of sp³-hybridized carbons (Fsp3) is 0.125. The Morgan fingerprint density at radius 3 is 2.52 bits per heavy atom. The van der Waals surface area contributed by atoms with Crippen molar-refractivity contribution in [3.8, 4) is 11.6 Å². The summed E-state index contributed by atoms with van der Waals surface area (Å²) in [5.41, 5.74) is 10.00. The quantitative estimate of drug-likeness (QED) is 0.444. The topological polar surface area (TPSA) is 85.5 Å². The van der Waals surface area contributed by atoms with Crippen LogP contribution in [0.2, 0.25) is 0 Å². The first-order valence-corrected chi connectivity index (χ1v) is 10.1. The van der Waals surface area contributed by atoms with Crippen LogP contribution < -0.4 is 10.6 Å². The minimum atomic E-state index is 0.434. The molecule has 5 rings (SSSR count). The lowest BCUT2D eigenvalue weighted by Gasteiger charge is -2.25. The number of hydrogen-bond acceptors (Lipinski definition) is 6. The molecule has 3 heterocycles. The van der Waals surface area contributed by atoms with Crippen molar-refractivity contribution in [1.82, 2.24) is 19.6 Å². The van der Waals surface area contributed by atoms with Crippen molar-refractivity contribution in [3.63, 3.8) is 0 Å². The number of aromatic nitrogens is 4. The number of anilines is 2. The SMILES string of the molecule is Cc1ccccc1CN(Cc1ccccc1)c1cc(N)n2nc(-c3ccco3)nc2n1. The second-order valence-electron chi connectivity index (χ2n) is 7.43. The third-order valence-corrected chi connectivity index (χ3v) is 5.23. The molecular weight excluding hydrogens is 388 g/mol. The van der Waals surface area contributed by atoms with E-state index < -0.39 is 0 Å². The monoisotopic (exact) mass is 410 g/mol. The molecule has 154 valence electrons. The highest BCUT2D eigenvalue weighted by molar-refractivity contribution is 5.58. The van der Waals surface area contributed by atoms with Crippen molar-refractivity contribution in [2.75, 3.05) is 10.6 Å². The molecule has 7 nitrogen and oxygen atoms in total. The molecular formula is C24H22N6O. The average molecular weight is 410 g/mol. The van der Waals surface area contributed by atoms with Gasteiger partial charge in [-0.05, 0) is 35.7 Å². The van der Waals surface area contributed by atoms with Gasteiger partial charge in [0.15, 0.2) is 5.76 Å². The molecule has 0 aliphatic rings. The van der Waals surface area contributed by atoms with E-state index in [-0.39, 0.29) is 0 Å². The number of nitrogen functional groups attached to an aromatic ring is 1. The highest BCUT2D eigenvalue weighted by Crippen LogP contribution is 2.24. The maximum absolute atomic E-state index is 6.34. The van der Waals surface area contributed by atoms with Crippen LogP contribution in [0.5, 0.6) is 0 Å². The van der Waals surface area contributed by atoms with Gasteiger partial charge in [0.1, 0.15) is 11.6 Å². The molecule has 7 heteroatoms. The summed E-state index contributed by atoms with van der Waals surface area (Å²) < 4.78 is 6.96. The normalized spacial score (nSPS) is 11.1. The van der Waals surface area contributed by atoms with Crippen molar-refractivity contribution in [1.29, 1.82) is 0 Å². The first-order chi connectivity index (χ1) is 15.2. The molecule has 0 saturated carbocycles. The maximum Gasteiger partial charge on any atom is 0.256 e. The van der Waals surface area contributed by atoms with Gasteiger partial charge in [0, 0.05) is 19.2 Å². The van der Waals surface area contributed by atoms with E-state index in [1.807, 2.05) is 30.3 Å². The standard InChI is InChI=1S/C24H22N6O/c1-17-8-5-6-11-19(17)16-29(15-18-9-3-2-4-10-18)22-14-21(25)30-24(26-22)27-23(28-30)20-12-7-13-31-20/h2-14H,15-16,25H2,1H3. The molecule has 0 aliphatic carbocycles. The molecule has 31 heavy (non-hydrogen) atoms. The van der Waals surface area contributed by atoms with Gasteiger partial charge in [-0.3, -0.25) is 0 Å². The maximum atomic E-state index is 6.34. The van der Waals surface area contributed by atoms with Gasteiger partial charge < -0.3 is 15.1 Å². The lowest BCUT2D eigenvalue weighted by molar-refractivity contribution is 0.577. The van der Waals surface area contributed by atoms with Gasteiger partial charge in [-0.15, -0.1) is 5.10 Å². The van der Waals surface area contributed by atoms with Crippen LogP contribution in [-0.4, -0.2) is 19.6 Å². The summed E-state index contributed by atoms with van der Waals surface area (Å²) >= 11 is 0. The fourth-order valence-corrected chi connectivity index (χ4v) is 3.56. The predicted molar refractivity (Wildman–Crippen MR) is 120 cm³/mol. The summed E-state index contributed by atoms with van der Waals surface area (Å²) in [6.45, 7) is 3.51. The molecule has 3 aromatic heterocycles. The predicted octanol–water partition coefficient (Wildman–Crippen LogP) is 4.48. The Kier molecular flexibility index (Phi) is 4.84. The van der Waals surface area contributed by atoms with Gasteiger partial charge in [-0.1, -0.05) is 54.6 Å². The van der Waals surface area contributed by atoms with Crippen molar-refractivity contribution in [2.45, 2.75) is 20.0 Å². The van der Waals surface area contributed by atoms with Gasteiger partial charge >= 0.3 is 0 Å². The summed E-state index contributed by atoms with van der Waals surface area (Å²) in [6, 6.07) is 24.1. The second-order valence-corrected chi connectivity index (χ2v) is 7.43. The van der Waals surface area contributed by atoms with E-state index in [1.165, 1.54) is 21.2 Å². The smallest absolute Gasteiger partial charge is 0.256 e. The zero-order valence-corrected chi connectivity index (χ0v) is 17.1. The van der Waals surface area contributed by atoms with E-state index in [0.717, 1.165) is 5.82 Å². The molecule has 0 atom stereocenters. The molecule has 0 fully saturated rings. The first kappa shape index (κ1) is 18.9. The third kappa shape index (κ3) is 3.85. The van der Waals surface area contributed by atoms with Crippen LogP contribution in [0, 0.1) is 6.92 Å². The Labute approximate surface area is 179 Å². The molecule has 0 aliphatic heterocycles. The van der Waals surface area contributed by atoms with Crippen molar-refractivity contribution in [2.24, 2.45) is 0 Å². The number of hydrogen-bond donors (Lipinski definition) is 1. The Hall–Kier alpha value is -4.13. The van der Waals surface area contributed by atoms with Crippen LogP contribution in [-0.2, 0) is 13.1 Å². The Morgan fingerprint density at radius 2 is 1.74 bits per heavy atom. The van der Waals surface area contributed by atoms with Crippen LogP contribution >= 0.6 is 0 Å². The Bertz CT molecular complexity index is 1310. The summed E-state index contributed by atoms with van der Waals surface area (Å²) in [6.07, 6.45) is 1.59. The number of fused-ring (bicyclic) bond motifs is 1. The molecule has 2 aromatic carbocycles. The van der Waals surface area contributed by atoms with Crippen LogP contribution in [0.15, 0.2) is 83.5 Å². The van der Waals surface area contributed by atoms with Crippen LogP contribution in [0.1, 0.15) is 16.7 Å². The largest absolute Gasteiger partial charge is 0.461 e. The molecule has 0 radical (unpaired) electrons. The van der Waals surface area contributed by atoms with Crippen LogP contribution in [0.4, 0.5) is 11.6 Å². The number of nitrogens with two attached hydrogens (primary N) is 1. The zero-order valence-electron chi connectivity index (χ0n) is 17.1. The number of nitrogens with zero attached hydrogens (tertiary/aromatic N) is 5. The van der Waals surface area contributed by atoms with Crippen molar-refractivity contribution >= 4 is 17.4 Å². The molecule has 0 amide bonds. The molecule has 0 unspecified atom stereocenters. The Morgan fingerprint density at radius 1 is 0.935 bits per heavy atom. The van der Waals surface area contributed by atoms with E-state index in [4.69, 9.17) is 15.1 Å². The van der Waals surface area contributed by atoms with E-state index in [9.17, 15) is 0 Å².